The number of benzene rings is 1. The molecule has 1 N–H and O–H groups in total. The molecule has 3 aliphatic heterocycles. The van der Waals surface area contributed by atoms with Crippen molar-refractivity contribution in [2.75, 3.05) is 32.8 Å². The number of carbonyl (C=O) groups excluding carboxylic acids is 3. The molecular weight excluding hydrogens is 518 g/mol. The van der Waals surface area contributed by atoms with Crippen molar-refractivity contribution in [1.82, 2.24) is 15.1 Å². The van der Waals surface area contributed by atoms with E-state index < -0.39 is 12.1 Å². The summed E-state index contributed by atoms with van der Waals surface area (Å²) in [7, 11) is 0. The van der Waals surface area contributed by atoms with Crippen LogP contribution in [0.5, 0.6) is 0 Å². The van der Waals surface area contributed by atoms with E-state index in [0.29, 0.717) is 30.9 Å². The first kappa shape index (κ1) is 34.5. The van der Waals surface area contributed by atoms with Crippen molar-refractivity contribution < 1.29 is 19.1 Å². The zero-order chi connectivity index (χ0) is 25.2. The average molecular weight is 568 g/mol. The molecule has 0 unspecified atom stereocenters. The first-order chi connectivity index (χ1) is 16.7. The highest BCUT2D eigenvalue weighted by Gasteiger charge is 2.48. The average Bonchev–Trinajstić information content (AvgIpc) is 3.41. The second kappa shape index (κ2) is 14.7. The summed E-state index contributed by atoms with van der Waals surface area (Å²) in [5, 5.41) is 2.99. The Labute approximate surface area is 243 Å². The number of fused-ring (bicyclic) bond motifs is 1. The quantitative estimate of drug-likeness (QED) is 0.533. The van der Waals surface area contributed by atoms with Crippen molar-refractivity contribution >= 4 is 44.6 Å². The van der Waals surface area contributed by atoms with E-state index in [-0.39, 0.29) is 70.1 Å². The number of hydrogen-bond acceptors (Lipinski definition) is 5. The Hall–Kier alpha value is -1.55. The number of likely N-dealkylation sites (tertiary alicyclic amines) is 2. The number of ether oxygens (including phenoxy) is 1. The van der Waals surface area contributed by atoms with E-state index in [4.69, 9.17) is 4.74 Å². The van der Waals surface area contributed by atoms with Crippen molar-refractivity contribution in [3.63, 3.8) is 0 Å². The van der Waals surface area contributed by atoms with Crippen molar-refractivity contribution in [2.45, 2.75) is 91.3 Å². The predicted octanol–water partition coefficient (Wildman–Crippen LogP) is 4.24. The number of piperidine rings is 1. The van der Waals surface area contributed by atoms with E-state index in [1.54, 1.807) is 4.90 Å². The molecule has 1 aromatic rings. The van der Waals surface area contributed by atoms with Crippen LogP contribution in [0.2, 0.25) is 0 Å². The van der Waals surface area contributed by atoms with Gasteiger partial charge in [0.05, 0.1) is 6.10 Å². The van der Waals surface area contributed by atoms with Crippen LogP contribution in [0, 0.1) is 5.41 Å². The third-order valence-corrected chi connectivity index (χ3v) is 7.59. The maximum Gasteiger partial charge on any atom is 0.251 e. The van der Waals surface area contributed by atoms with Crippen LogP contribution in [0.25, 0.3) is 0 Å². The van der Waals surface area contributed by atoms with E-state index in [9.17, 15) is 14.4 Å². The van der Waals surface area contributed by atoms with E-state index in [1.807, 2.05) is 12.1 Å². The first-order valence-electron chi connectivity index (χ1n) is 13.2. The zero-order valence-corrected chi connectivity index (χ0v) is 24.7. The monoisotopic (exact) mass is 567 g/mol. The highest BCUT2D eigenvalue weighted by molar-refractivity contribution is 7.59. The highest BCUT2D eigenvalue weighted by Crippen LogP contribution is 2.30. The summed E-state index contributed by atoms with van der Waals surface area (Å²) in [4.78, 5) is 43.2. The smallest absolute Gasteiger partial charge is 0.251 e. The molecule has 216 valence electrons. The molecule has 0 aliphatic carbocycles. The van der Waals surface area contributed by atoms with E-state index >= 15 is 0 Å². The molecule has 2 amide bonds. The molecule has 0 radical (unpaired) electrons. The number of nitrogens with zero attached hydrogens (tertiary/aromatic N) is 2. The van der Waals surface area contributed by atoms with Gasteiger partial charge in [-0.3, -0.25) is 14.4 Å². The summed E-state index contributed by atoms with van der Waals surface area (Å²) in [6.45, 7) is 12.4. The fourth-order valence-corrected chi connectivity index (χ4v) is 5.81. The maximum atomic E-state index is 13.5. The van der Waals surface area contributed by atoms with Gasteiger partial charge < -0.3 is 19.9 Å². The number of nitrogens with one attached hydrogen (secondary N) is 1. The van der Waals surface area contributed by atoms with Gasteiger partial charge in [-0.05, 0) is 80.8 Å². The minimum absolute atomic E-state index is 0. The Morgan fingerprint density at radius 1 is 1.05 bits per heavy atom. The molecule has 3 heterocycles. The molecule has 3 saturated heterocycles. The van der Waals surface area contributed by atoms with Crippen LogP contribution in [0.1, 0.15) is 89.1 Å². The Kier molecular flexibility index (Phi) is 13.4. The molecule has 4 rings (SSSR count). The normalized spacial score (nSPS) is 22.5. The summed E-state index contributed by atoms with van der Waals surface area (Å²) in [5.41, 5.74) is 1.67. The number of rotatable bonds is 7. The molecule has 0 spiro atoms. The van der Waals surface area contributed by atoms with Gasteiger partial charge in [-0.25, -0.2) is 0 Å². The third kappa shape index (κ3) is 8.23. The summed E-state index contributed by atoms with van der Waals surface area (Å²) in [5.74, 6) is 0.0549. The summed E-state index contributed by atoms with van der Waals surface area (Å²) < 4.78 is 5.55. The number of hydrogen-bond donors (Lipinski definition) is 1. The lowest BCUT2D eigenvalue weighted by molar-refractivity contribution is -0.138. The van der Waals surface area contributed by atoms with Crippen molar-refractivity contribution in [1.29, 1.82) is 0 Å². The van der Waals surface area contributed by atoms with Gasteiger partial charge in [0.1, 0.15) is 18.7 Å². The lowest BCUT2D eigenvalue weighted by Gasteiger charge is -2.32. The second-order valence-electron chi connectivity index (χ2n) is 11.6. The molecule has 7 nitrogen and oxygen atoms in total. The zero-order valence-electron chi connectivity index (χ0n) is 22.7. The van der Waals surface area contributed by atoms with Crippen LogP contribution in [0.4, 0.5) is 0 Å². The second-order valence-corrected chi connectivity index (χ2v) is 11.6. The van der Waals surface area contributed by atoms with Crippen LogP contribution in [-0.4, -0.2) is 78.4 Å². The van der Waals surface area contributed by atoms with E-state index in [1.165, 1.54) is 18.5 Å². The Morgan fingerprint density at radius 3 is 2.26 bits per heavy atom. The predicted molar refractivity (Wildman–Crippen MR) is 163 cm³/mol. The molecule has 1 aromatic carbocycles. The molecule has 3 atom stereocenters. The van der Waals surface area contributed by atoms with Gasteiger partial charge in [-0.1, -0.05) is 47.3 Å². The highest BCUT2D eigenvalue weighted by atomic mass is 32.1. The fraction of sp³-hybridized carbons (Fsp3) is 0.690. The van der Waals surface area contributed by atoms with Crippen LogP contribution >= 0.6 is 27.0 Å². The fourth-order valence-electron chi connectivity index (χ4n) is 5.81. The molecule has 3 fully saturated rings. The van der Waals surface area contributed by atoms with Crippen LogP contribution in [0.3, 0.4) is 0 Å². The minimum Gasteiger partial charge on any atom is -0.368 e. The third-order valence-electron chi connectivity index (χ3n) is 7.59. The standard InChI is InChI=1S/C28H41N3O4.CH4.2H2S/c1-5-13-30-14-10-20(11-15-30)19-6-8-21(9-7-19)26(33)29-22(17-28(2,3)4)27(34)31-16-12-24-25(31)23(32)18-35-24;;;/h6-9,20,22,24-25H,5,10-18H2,1-4H3,(H,29,33);1H4;2*1H2/t22-,24+,25+;;;/m0.../s1. The summed E-state index contributed by atoms with van der Waals surface area (Å²) >= 11 is 0. The van der Waals surface area contributed by atoms with Crippen LogP contribution in [-0.2, 0) is 14.3 Å². The molecule has 3 aliphatic rings. The molecule has 38 heavy (non-hydrogen) atoms. The molecule has 0 saturated carbocycles. The lowest BCUT2D eigenvalue weighted by Crippen LogP contribution is -2.53. The summed E-state index contributed by atoms with van der Waals surface area (Å²) in [6.07, 6.45) is 4.43. The van der Waals surface area contributed by atoms with Gasteiger partial charge >= 0.3 is 0 Å². The Morgan fingerprint density at radius 2 is 1.68 bits per heavy atom. The van der Waals surface area contributed by atoms with Crippen molar-refractivity contribution in [2.24, 2.45) is 5.41 Å². The maximum absolute atomic E-state index is 13.5. The van der Waals surface area contributed by atoms with Gasteiger partial charge in [-0.15, -0.1) is 0 Å². The number of amides is 2. The van der Waals surface area contributed by atoms with Crippen molar-refractivity contribution in [3.8, 4) is 0 Å². The number of ketones is 1. The molecule has 0 bridgehead atoms. The number of carbonyl (C=O) groups is 3. The van der Waals surface area contributed by atoms with Crippen molar-refractivity contribution in [3.05, 3.63) is 35.4 Å². The van der Waals surface area contributed by atoms with Gasteiger partial charge in [-0.2, -0.15) is 27.0 Å². The minimum atomic E-state index is -0.683. The van der Waals surface area contributed by atoms with E-state index in [0.717, 1.165) is 25.9 Å². The Balaban J connectivity index is 0.00000241. The van der Waals surface area contributed by atoms with E-state index in [2.05, 4.69) is 50.0 Å². The van der Waals surface area contributed by atoms with Gasteiger partial charge in [0, 0.05) is 12.1 Å². The number of Topliss-reactive ketones (excluding diaryl/α,β-unsaturated/α-hetero) is 1. The van der Waals surface area contributed by atoms with Crippen LogP contribution < -0.4 is 5.32 Å². The SMILES string of the molecule is C.CCCN1CCC(c2ccc(C(=O)N[C@@H](CC(C)(C)C)C(=O)N3CC[C@H]4OCC(=O)[C@H]43)cc2)CC1.S.S. The topological polar surface area (TPSA) is 79.0 Å². The molecule has 9 heteroatoms. The molecular formula is C29H49N3O4S2. The Bertz CT molecular complexity index is 927. The van der Waals surface area contributed by atoms with Gasteiger partial charge in [0.2, 0.25) is 5.91 Å². The molecule has 0 aromatic heterocycles. The first-order valence-corrected chi connectivity index (χ1v) is 13.2. The van der Waals surface area contributed by atoms with Crippen LogP contribution in [0.15, 0.2) is 24.3 Å². The summed E-state index contributed by atoms with van der Waals surface area (Å²) in [6, 6.07) is 6.69. The lowest BCUT2D eigenvalue weighted by atomic mass is 9.87. The largest absolute Gasteiger partial charge is 0.368 e. The van der Waals surface area contributed by atoms with Gasteiger partial charge in [0.15, 0.2) is 5.78 Å². The van der Waals surface area contributed by atoms with Gasteiger partial charge in [0.25, 0.3) is 5.91 Å².